The molecule has 0 aliphatic rings. The van der Waals surface area contributed by atoms with Crippen molar-refractivity contribution >= 4 is 5.97 Å². The van der Waals surface area contributed by atoms with Crippen molar-refractivity contribution < 1.29 is 9.90 Å². The second kappa shape index (κ2) is 5.85. The molecule has 0 aliphatic carbocycles. The molecule has 1 rings (SSSR count). The Kier molecular flexibility index (Phi) is 4.73. The van der Waals surface area contributed by atoms with Crippen LogP contribution in [0.5, 0.6) is 0 Å². The standard InChI is InChI=1S/C15H22O2/c1-5-10-9-11(6-2)14(15(16)17)13(8-4)12(10)7-3/h9H,5-8H2,1-4H3,(H,16,17). The Bertz CT molecular complexity index is 419. The molecule has 0 saturated heterocycles. The van der Waals surface area contributed by atoms with Crippen LogP contribution in [0.1, 0.15) is 60.3 Å². The lowest BCUT2D eigenvalue weighted by molar-refractivity contribution is 0.0694. The van der Waals surface area contributed by atoms with E-state index >= 15 is 0 Å². The minimum Gasteiger partial charge on any atom is -0.478 e. The molecule has 0 fully saturated rings. The number of carboxylic acid groups (broad SMARTS) is 1. The van der Waals surface area contributed by atoms with E-state index in [1.165, 1.54) is 11.1 Å². The van der Waals surface area contributed by atoms with Gasteiger partial charge in [-0.2, -0.15) is 0 Å². The Morgan fingerprint density at radius 3 is 1.82 bits per heavy atom. The summed E-state index contributed by atoms with van der Waals surface area (Å²) in [7, 11) is 0. The van der Waals surface area contributed by atoms with Gasteiger partial charge in [0.2, 0.25) is 0 Å². The molecule has 0 spiro atoms. The minimum atomic E-state index is -0.781. The summed E-state index contributed by atoms with van der Waals surface area (Å²) in [6, 6.07) is 2.08. The normalized spacial score (nSPS) is 10.6. The van der Waals surface area contributed by atoms with Crippen molar-refractivity contribution in [2.45, 2.75) is 53.4 Å². The molecule has 1 aromatic rings. The van der Waals surface area contributed by atoms with Crippen molar-refractivity contribution in [2.24, 2.45) is 0 Å². The SMILES string of the molecule is CCc1cc(CC)c(C(=O)O)c(CC)c1CC. The lowest BCUT2D eigenvalue weighted by Crippen LogP contribution is -2.11. The van der Waals surface area contributed by atoms with Gasteiger partial charge in [0.1, 0.15) is 0 Å². The molecule has 0 radical (unpaired) electrons. The fraction of sp³-hybridized carbons (Fsp3) is 0.533. The van der Waals surface area contributed by atoms with Crippen LogP contribution in [0.4, 0.5) is 0 Å². The third-order valence-electron chi connectivity index (χ3n) is 3.41. The van der Waals surface area contributed by atoms with Crippen LogP contribution in [0.25, 0.3) is 0 Å². The molecule has 2 nitrogen and oxygen atoms in total. The molecule has 0 aromatic heterocycles. The lowest BCUT2D eigenvalue weighted by Gasteiger charge is -2.18. The van der Waals surface area contributed by atoms with Gasteiger partial charge >= 0.3 is 5.97 Å². The van der Waals surface area contributed by atoms with E-state index in [0.717, 1.165) is 36.8 Å². The molecule has 0 heterocycles. The summed E-state index contributed by atoms with van der Waals surface area (Å²) in [5.74, 6) is -0.781. The third-order valence-corrected chi connectivity index (χ3v) is 3.41. The van der Waals surface area contributed by atoms with Crippen LogP contribution in [0.15, 0.2) is 6.07 Å². The van der Waals surface area contributed by atoms with Crippen LogP contribution in [-0.2, 0) is 25.7 Å². The third kappa shape index (κ3) is 2.51. The Morgan fingerprint density at radius 2 is 1.47 bits per heavy atom. The second-order valence-electron chi connectivity index (χ2n) is 4.25. The number of benzene rings is 1. The summed E-state index contributed by atoms with van der Waals surface area (Å²) in [6.07, 6.45) is 3.47. The number of carbonyl (C=O) groups is 1. The van der Waals surface area contributed by atoms with E-state index in [-0.39, 0.29) is 0 Å². The number of carboxylic acids is 1. The molecule has 1 N–H and O–H groups in total. The van der Waals surface area contributed by atoms with E-state index in [1.807, 2.05) is 13.8 Å². The predicted octanol–water partition coefficient (Wildman–Crippen LogP) is 3.63. The highest BCUT2D eigenvalue weighted by atomic mass is 16.4. The Morgan fingerprint density at radius 1 is 0.941 bits per heavy atom. The first-order valence-electron chi connectivity index (χ1n) is 6.50. The molecule has 17 heavy (non-hydrogen) atoms. The van der Waals surface area contributed by atoms with Crippen molar-refractivity contribution in [3.8, 4) is 0 Å². The highest BCUT2D eigenvalue weighted by Gasteiger charge is 2.18. The maximum absolute atomic E-state index is 11.4. The maximum Gasteiger partial charge on any atom is 0.336 e. The molecule has 94 valence electrons. The van der Waals surface area contributed by atoms with Gasteiger partial charge in [-0.25, -0.2) is 4.79 Å². The van der Waals surface area contributed by atoms with Gasteiger partial charge < -0.3 is 5.11 Å². The minimum absolute atomic E-state index is 0.545. The summed E-state index contributed by atoms with van der Waals surface area (Å²) >= 11 is 0. The first-order valence-corrected chi connectivity index (χ1v) is 6.50. The van der Waals surface area contributed by atoms with E-state index in [0.29, 0.717) is 5.56 Å². The van der Waals surface area contributed by atoms with Crippen LogP contribution >= 0.6 is 0 Å². The van der Waals surface area contributed by atoms with E-state index < -0.39 is 5.97 Å². The topological polar surface area (TPSA) is 37.3 Å². The van der Waals surface area contributed by atoms with E-state index in [9.17, 15) is 9.90 Å². The highest BCUT2D eigenvalue weighted by molar-refractivity contribution is 5.92. The summed E-state index contributed by atoms with van der Waals surface area (Å²) in [5.41, 5.74) is 5.11. The molecule has 0 bridgehead atoms. The van der Waals surface area contributed by atoms with Gasteiger partial charge in [0.15, 0.2) is 0 Å². The van der Waals surface area contributed by atoms with Gasteiger partial charge in [-0.15, -0.1) is 0 Å². The van der Waals surface area contributed by atoms with Gasteiger partial charge in [0, 0.05) is 0 Å². The maximum atomic E-state index is 11.4. The fourth-order valence-electron chi connectivity index (χ4n) is 2.60. The largest absolute Gasteiger partial charge is 0.478 e. The Hall–Kier alpha value is -1.31. The van der Waals surface area contributed by atoms with Crippen LogP contribution in [0.2, 0.25) is 0 Å². The molecule has 0 atom stereocenters. The predicted molar refractivity (Wildman–Crippen MR) is 70.9 cm³/mol. The molecule has 1 aromatic carbocycles. The molecule has 0 amide bonds. The first kappa shape index (κ1) is 13.8. The van der Waals surface area contributed by atoms with E-state index in [2.05, 4.69) is 19.9 Å². The molecular weight excluding hydrogens is 212 g/mol. The van der Waals surface area contributed by atoms with Crippen LogP contribution in [0, 0.1) is 0 Å². The summed E-state index contributed by atoms with van der Waals surface area (Å²) in [4.78, 5) is 11.4. The van der Waals surface area contributed by atoms with Crippen molar-refractivity contribution in [3.05, 3.63) is 33.9 Å². The zero-order valence-corrected chi connectivity index (χ0v) is 11.3. The average molecular weight is 234 g/mol. The lowest BCUT2D eigenvalue weighted by atomic mass is 9.87. The fourth-order valence-corrected chi connectivity index (χ4v) is 2.60. The quantitative estimate of drug-likeness (QED) is 0.844. The average Bonchev–Trinajstić information content (AvgIpc) is 2.35. The van der Waals surface area contributed by atoms with Gasteiger partial charge in [-0.1, -0.05) is 33.8 Å². The number of aromatic carboxylic acids is 1. The van der Waals surface area contributed by atoms with Crippen LogP contribution < -0.4 is 0 Å². The van der Waals surface area contributed by atoms with Crippen molar-refractivity contribution in [2.75, 3.05) is 0 Å². The Balaban J connectivity index is 3.61. The Labute approximate surface area is 104 Å². The second-order valence-corrected chi connectivity index (χ2v) is 4.25. The number of aryl methyl sites for hydroxylation is 2. The molecule has 0 saturated carbocycles. The number of rotatable bonds is 5. The summed E-state index contributed by atoms with van der Waals surface area (Å²) < 4.78 is 0. The first-order chi connectivity index (χ1) is 8.10. The van der Waals surface area contributed by atoms with Crippen molar-refractivity contribution in [3.63, 3.8) is 0 Å². The van der Waals surface area contributed by atoms with Gasteiger partial charge in [-0.05, 0) is 47.9 Å². The van der Waals surface area contributed by atoms with Gasteiger partial charge in [0.25, 0.3) is 0 Å². The van der Waals surface area contributed by atoms with Crippen LogP contribution in [0.3, 0.4) is 0 Å². The zero-order valence-electron chi connectivity index (χ0n) is 11.3. The molecule has 0 unspecified atom stereocenters. The number of hydrogen-bond acceptors (Lipinski definition) is 1. The van der Waals surface area contributed by atoms with Gasteiger partial charge in [0.05, 0.1) is 5.56 Å². The van der Waals surface area contributed by atoms with E-state index in [4.69, 9.17) is 0 Å². The zero-order chi connectivity index (χ0) is 13.0. The smallest absolute Gasteiger partial charge is 0.336 e. The van der Waals surface area contributed by atoms with Crippen LogP contribution in [-0.4, -0.2) is 11.1 Å². The monoisotopic (exact) mass is 234 g/mol. The van der Waals surface area contributed by atoms with Crippen molar-refractivity contribution in [1.82, 2.24) is 0 Å². The summed E-state index contributed by atoms with van der Waals surface area (Å²) in [5, 5.41) is 9.39. The highest BCUT2D eigenvalue weighted by Crippen LogP contribution is 2.26. The van der Waals surface area contributed by atoms with Gasteiger partial charge in [-0.3, -0.25) is 0 Å². The molecule has 2 heteroatoms. The number of hydrogen-bond donors (Lipinski definition) is 1. The summed E-state index contributed by atoms with van der Waals surface area (Å²) in [6.45, 7) is 8.30. The van der Waals surface area contributed by atoms with Crippen molar-refractivity contribution in [1.29, 1.82) is 0 Å². The molecule has 0 aliphatic heterocycles. The molecular formula is C15H22O2. The van der Waals surface area contributed by atoms with E-state index in [1.54, 1.807) is 0 Å².